The zero-order chi connectivity index (χ0) is 22.8. The molecule has 32 heavy (non-hydrogen) atoms. The predicted octanol–water partition coefficient (Wildman–Crippen LogP) is 1.74. The maximum atomic E-state index is 12.9. The van der Waals surface area contributed by atoms with Gasteiger partial charge in [-0.05, 0) is 49.2 Å². The molecule has 2 fully saturated rings. The number of amides is 1. The Bertz CT molecular complexity index is 1180. The van der Waals surface area contributed by atoms with E-state index in [-0.39, 0.29) is 40.0 Å². The zero-order valence-electron chi connectivity index (χ0n) is 17.4. The summed E-state index contributed by atoms with van der Waals surface area (Å²) < 4.78 is 60.4. The smallest absolute Gasteiger partial charge is 0.261 e. The number of carbonyl (C=O) groups excluding carboxylic acids is 1. The topological polar surface area (TPSA) is 113 Å². The average Bonchev–Trinajstić information content (AvgIpc) is 3.34. The number of anilines is 1. The molecule has 11 heteroatoms. The van der Waals surface area contributed by atoms with E-state index in [0.29, 0.717) is 26.3 Å². The predicted molar refractivity (Wildman–Crippen MR) is 118 cm³/mol. The zero-order valence-corrected chi connectivity index (χ0v) is 19.1. The van der Waals surface area contributed by atoms with Crippen molar-refractivity contribution in [3.8, 4) is 0 Å². The van der Waals surface area contributed by atoms with Crippen molar-refractivity contribution in [2.75, 3.05) is 44.1 Å². The molecule has 1 amide bonds. The van der Waals surface area contributed by atoms with Crippen LogP contribution in [0.25, 0.3) is 0 Å². The maximum Gasteiger partial charge on any atom is 0.261 e. The Morgan fingerprint density at radius 1 is 0.812 bits per heavy atom. The first-order valence-electron chi connectivity index (χ1n) is 10.4. The molecular formula is C21H25N3O6S2. The van der Waals surface area contributed by atoms with Gasteiger partial charge in [0.05, 0.1) is 34.3 Å². The second-order valence-corrected chi connectivity index (χ2v) is 11.3. The average molecular weight is 480 g/mol. The monoisotopic (exact) mass is 479 g/mol. The minimum Gasteiger partial charge on any atom is -0.379 e. The molecule has 2 saturated heterocycles. The number of ether oxygens (including phenoxy) is 1. The fourth-order valence-electron chi connectivity index (χ4n) is 3.78. The molecule has 2 aromatic rings. The van der Waals surface area contributed by atoms with Crippen molar-refractivity contribution in [3.63, 3.8) is 0 Å². The quantitative estimate of drug-likeness (QED) is 0.675. The summed E-state index contributed by atoms with van der Waals surface area (Å²) in [6.45, 7) is 2.46. The lowest BCUT2D eigenvalue weighted by Crippen LogP contribution is -2.40. The van der Waals surface area contributed by atoms with Crippen LogP contribution in [-0.2, 0) is 24.8 Å². The molecule has 2 heterocycles. The van der Waals surface area contributed by atoms with Crippen molar-refractivity contribution < 1.29 is 26.4 Å². The largest absolute Gasteiger partial charge is 0.379 e. The van der Waals surface area contributed by atoms with Gasteiger partial charge in [-0.1, -0.05) is 12.1 Å². The van der Waals surface area contributed by atoms with Crippen molar-refractivity contribution in [1.82, 2.24) is 9.21 Å². The van der Waals surface area contributed by atoms with Crippen molar-refractivity contribution in [2.24, 2.45) is 0 Å². The van der Waals surface area contributed by atoms with Gasteiger partial charge in [0.15, 0.2) is 0 Å². The Balaban J connectivity index is 1.55. The van der Waals surface area contributed by atoms with Crippen LogP contribution in [0.3, 0.4) is 0 Å². The number of carbonyl (C=O) groups is 1. The lowest BCUT2D eigenvalue weighted by atomic mass is 10.1. The highest BCUT2D eigenvalue weighted by Crippen LogP contribution is 2.24. The number of nitrogens with one attached hydrogen (secondary N) is 1. The van der Waals surface area contributed by atoms with E-state index in [9.17, 15) is 21.6 Å². The fraction of sp³-hybridized carbons (Fsp3) is 0.381. The van der Waals surface area contributed by atoms with Gasteiger partial charge in [-0.25, -0.2) is 16.8 Å². The Kier molecular flexibility index (Phi) is 6.52. The molecule has 0 atom stereocenters. The minimum atomic E-state index is -4.03. The lowest BCUT2D eigenvalue weighted by Gasteiger charge is -2.26. The van der Waals surface area contributed by atoms with E-state index in [0.717, 1.165) is 12.8 Å². The van der Waals surface area contributed by atoms with E-state index < -0.39 is 20.0 Å². The molecule has 2 aliphatic rings. The molecular weight excluding hydrogens is 454 g/mol. The number of rotatable bonds is 6. The number of hydrogen-bond donors (Lipinski definition) is 1. The van der Waals surface area contributed by atoms with Crippen LogP contribution in [0.5, 0.6) is 0 Å². The third-order valence-electron chi connectivity index (χ3n) is 5.54. The Hall–Kier alpha value is -2.47. The molecule has 0 spiro atoms. The maximum absolute atomic E-state index is 12.9. The number of hydrogen-bond acceptors (Lipinski definition) is 6. The number of morpholine rings is 1. The molecule has 172 valence electrons. The van der Waals surface area contributed by atoms with Crippen LogP contribution in [-0.4, -0.2) is 71.3 Å². The molecule has 0 unspecified atom stereocenters. The highest BCUT2D eigenvalue weighted by molar-refractivity contribution is 7.92. The highest BCUT2D eigenvalue weighted by Gasteiger charge is 2.27. The van der Waals surface area contributed by atoms with Gasteiger partial charge in [0.1, 0.15) is 0 Å². The summed E-state index contributed by atoms with van der Waals surface area (Å²) in [6.07, 6.45) is 1.86. The van der Waals surface area contributed by atoms with Crippen LogP contribution < -0.4 is 4.72 Å². The van der Waals surface area contributed by atoms with Crippen LogP contribution in [0.1, 0.15) is 23.2 Å². The van der Waals surface area contributed by atoms with Crippen molar-refractivity contribution in [3.05, 3.63) is 54.1 Å². The van der Waals surface area contributed by atoms with E-state index >= 15 is 0 Å². The summed E-state index contributed by atoms with van der Waals surface area (Å²) in [7, 11) is -7.75. The Morgan fingerprint density at radius 2 is 1.41 bits per heavy atom. The van der Waals surface area contributed by atoms with E-state index in [2.05, 4.69) is 4.72 Å². The standard InChI is InChI=1S/C21H25N3O6S2/c25-21(23-11-3-4-12-23)19-5-1-2-6-20(19)22-31(26,27)17-7-9-18(10-8-17)32(28,29)24-13-15-30-16-14-24/h1-2,5-10,22H,3-4,11-16H2. The van der Waals surface area contributed by atoms with Crippen molar-refractivity contribution in [2.45, 2.75) is 22.6 Å². The van der Waals surface area contributed by atoms with E-state index in [1.165, 1.54) is 34.6 Å². The van der Waals surface area contributed by atoms with E-state index in [4.69, 9.17) is 4.74 Å². The van der Waals surface area contributed by atoms with Gasteiger partial charge in [-0.15, -0.1) is 0 Å². The molecule has 2 aliphatic heterocycles. The summed E-state index contributed by atoms with van der Waals surface area (Å²) in [5, 5.41) is 0. The van der Waals surface area contributed by atoms with Gasteiger partial charge < -0.3 is 9.64 Å². The van der Waals surface area contributed by atoms with Gasteiger partial charge >= 0.3 is 0 Å². The summed E-state index contributed by atoms with van der Waals surface area (Å²) in [6, 6.07) is 11.5. The first-order valence-corrected chi connectivity index (χ1v) is 13.3. The van der Waals surface area contributed by atoms with Crippen molar-refractivity contribution >= 4 is 31.6 Å². The van der Waals surface area contributed by atoms with Gasteiger partial charge in [0.2, 0.25) is 10.0 Å². The molecule has 0 bridgehead atoms. The highest BCUT2D eigenvalue weighted by atomic mass is 32.2. The molecule has 0 aromatic heterocycles. The molecule has 0 radical (unpaired) electrons. The summed E-state index contributed by atoms with van der Waals surface area (Å²) in [5.41, 5.74) is 0.471. The number of likely N-dealkylation sites (tertiary alicyclic amines) is 1. The second kappa shape index (κ2) is 9.18. The van der Waals surface area contributed by atoms with Gasteiger partial charge in [-0.3, -0.25) is 9.52 Å². The summed E-state index contributed by atoms with van der Waals surface area (Å²) in [4.78, 5) is 14.4. The summed E-state index contributed by atoms with van der Waals surface area (Å²) in [5.74, 6) is -0.215. The Morgan fingerprint density at radius 3 is 2.06 bits per heavy atom. The van der Waals surface area contributed by atoms with Crippen LogP contribution in [0.4, 0.5) is 5.69 Å². The fourth-order valence-corrected chi connectivity index (χ4v) is 6.27. The van der Waals surface area contributed by atoms with E-state index in [1.54, 1.807) is 23.1 Å². The lowest BCUT2D eigenvalue weighted by molar-refractivity contribution is 0.0730. The number of nitrogens with zero attached hydrogens (tertiary/aromatic N) is 2. The van der Waals surface area contributed by atoms with E-state index in [1.807, 2.05) is 0 Å². The molecule has 2 aromatic carbocycles. The first kappa shape index (κ1) is 22.7. The third-order valence-corrected chi connectivity index (χ3v) is 8.83. The number of sulfonamides is 2. The van der Waals surface area contributed by atoms with Crippen LogP contribution >= 0.6 is 0 Å². The molecule has 4 rings (SSSR count). The SMILES string of the molecule is O=C(c1ccccc1NS(=O)(=O)c1ccc(S(=O)(=O)N2CCOCC2)cc1)N1CCCC1. The van der Waals surface area contributed by atoms with Gasteiger partial charge in [-0.2, -0.15) is 4.31 Å². The molecule has 0 saturated carbocycles. The van der Waals surface area contributed by atoms with Crippen LogP contribution in [0.2, 0.25) is 0 Å². The summed E-state index contributed by atoms with van der Waals surface area (Å²) >= 11 is 0. The number of benzene rings is 2. The van der Waals surface area contributed by atoms with Crippen LogP contribution in [0.15, 0.2) is 58.3 Å². The normalized spacial score (nSPS) is 17.9. The van der Waals surface area contributed by atoms with Gasteiger partial charge in [0, 0.05) is 26.2 Å². The van der Waals surface area contributed by atoms with Crippen LogP contribution in [0, 0.1) is 0 Å². The first-order chi connectivity index (χ1) is 15.3. The number of para-hydroxylation sites is 1. The van der Waals surface area contributed by atoms with Crippen molar-refractivity contribution in [1.29, 1.82) is 0 Å². The molecule has 0 aliphatic carbocycles. The molecule has 9 nitrogen and oxygen atoms in total. The molecule has 1 N–H and O–H groups in total. The third kappa shape index (κ3) is 4.65. The second-order valence-electron chi connectivity index (χ2n) is 7.64. The Labute approximate surface area is 188 Å². The minimum absolute atomic E-state index is 0.0166. The van der Waals surface area contributed by atoms with Gasteiger partial charge in [0.25, 0.3) is 15.9 Å².